The zero-order valence-corrected chi connectivity index (χ0v) is 15.1. The van der Waals surface area contributed by atoms with Gasteiger partial charge in [-0.25, -0.2) is 5.01 Å². The van der Waals surface area contributed by atoms with Gasteiger partial charge in [-0.15, -0.1) is 0 Å². The third-order valence-electron chi connectivity index (χ3n) is 5.79. The SMILES string of the molecule is CCOc1ccc(C2=NN3[C@H](C2)c2ccccc2OC32CCCC2)cc1. The first-order valence-electron chi connectivity index (χ1n) is 9.67. The number of benzene rings is 2. The maximum absolute atomic E-state index is 6.53. The topological polar surface area (TPSA) is 34.1 Å². The van der Waals surface area contributed by atoms with Crippen LogP contribution in [0.1, 0.15) is 56.2 Å². The molecule has 26 heavy (non-hydrogen) atoms. The first-order chi connectivity index (χ1) is 12.8. The van der Waals surface area contributed by atoms with E-state index in [1.54, 1.807) is 0 Å². The number of hydrogen-bond donors (Lipinski definition) is 0. The number of para-hydroxylation sites is 1. The quantitative estimate of drug-likeness (QED) is 0.791. The van der Waals surface area contributed by atoms with Crippen LogP contribution in [0.4, 0.5) is 0 Å². The van der Waals surface area contributed by atoms with Crippen LogP contribution in [0, 0.1) is 0 Å². The number of hydrazone groups is 1. The van der Waals surface area contributed by atoms with Crippen molar-refractivity contribution in [1.82, 2.24) is 5.01 Å². The minimum absolute atomic E-state index is 0.258. The summed E-state index contributed by atoms with van der Waals surface area (Å²) < 4.78 is 12.1. The lowest BCUT2D eigenvalue weighted by atomic mass is 9.94. The van der Waals surface area contributed by atoms with Crippen LogP contribution in [0.15, 0.2) is 53.6 Å². The summed E-state index contributed by atoms with van der Waals surface area (Å²) in [6.45, 7) is 2.69. The summed E-state index contributed by atoms with van der Waals surface area (Å²) in [6.07, 6.45) is 5.45. The molecule has 2 aliphatic heterocycles. The van der Waals surface area contributed by atoms with Crippen LogP contribution in [0.3, 0.4) is 0 Å². The maximum atomic E-state index is 6.53. The van der Waals surface area contributed by atoms with Crippen molar-refractivity contribution in [3.05, 3.63) is 59.7 Å². The van der Waals surface area contributed by atoms with Crippen molar-refractivity contribution < 1.29 is 9.47 Å². The van der Waals surface area contributed by atoms with Crippen LogP contribution in [-0.2, 0) is 0 Å². The fourth-order valence-electron chi connectivity index (χ4n) is 4.57. The minimum Gasteiger partial charge on any atom is -0.494 e. The number of hydrogen-bond acceptors (Lipinski definition) is 4. The maximum Gasteiger partial charge on any atom is 0.198 e. The molecule has 4 heteroatoms. The van der Waals surface area contributed by atoms with Gasteiger partial charge in [0.05, 0.1) is 18.4 Å². The molecule has 0 amide bonds. The van der Waals surface area contributed by atoms with Crippen molar-refractivity contribution in [2.75, 3.05) is 6.61 Å². The molecule has 0 unspecified atom stereocenters. The van der Waals surface area contributed by atoms with Gasteiger partial charge in [0.25, 0.3) is 0 Å². The van der Waals surface area contributed by atoms with Gasteiger partial charge < -0.3 is 9.47 Å². The van der Waals surface area contributed by atoms with E-state index >= 15 is 0 Å². The third kappa shape index (κ3) is 2.39. The standard InChI is InChI=1S/C22H24N2O2/c1-2-25-17-11-9-16(10-12-17)19-15-20-18-7-3-4-8-21(18)26-22(24(20)23-19)13-5-6-14-22/h3-4,7-12,20H,2,5-6,13-15H2,1H3/t20-/m1/s1. The molecule has 1 saturated carbocycles. The molecule has 0 radical (unpaired) electrons. The summed E-state index contributed by atoms with van der Waals surface area (Å²) in [5.74, 6) is 1.95. The zero-order valence-electron chi connectivity index (χ0n) is 15.1. The minimum atomic E-state index is -0.258. The van der Waals surface area contributed by atoms with Gasteiger partial charge in [-0.2, -0.15) is 5.10 Å². The van der Waals surface area contributed by atoms with Gasteiger partial charge >= 0.3 is 0 Å². The second-order valence-electron chi connectivity index (χ2n) is 7.36. The molecular formula is C22H24N2O2. The molecule has 1 fully saturated rings. The summed E-state index contributed by atoms with van der Waals surface area (Å²) in [5, 5.41) is 7.35. The van der Waals surface area contributed by atoms with Gasteiger partial charge in [-0.05, 0) is 55.7 Å². The highest BCUT2D eigenvalue weighted by atomic mass is 16.5. The summed E-state index contributed by atoms with van der Waals surface area (Å²) in [7, 11) is 0. The molecule has 2 heterocycles. The Kier molecular flexibility index (Phi) is 3.66. The Morgan fingerprint density at radius 3 is 2.65 bits per heavy atom. The van der Waals surface area contributed by atoms with E-state index in [4.69, 9.17) is 14.6 Å². The Labute approximate surface area is 154 Å². The monoisotopic (exact) mass is 348 g/mol. The van der Waals surface area contributed by atoms with Gasteiger partial charge in [0.15, 0.2) is 5.72 Å². The van der Waals surface area contributed by atoms with Crippen molar-refractivity contribution >= 4 is 5.71 Å². The highest BCUT2D eigenvalue weighted by molar-refractivity contribution is 6.02. The van der Waals surface area contributed by atoms with E-state index in [2.05, 4.69) is 41.4 Å². The molecule has 2 aromatic carbocycles. The Bertz CT molecular complexity index is 837. The first kappa shape index (κ1) is 15.7. The molecule has 1 atom stereocenters. The summed E-state index contributed by atoms with van der Waals surface area (Å²) in [6, 6.07) is 17.1. The molecule has 0 N–H and O–H groups in total. The summed E-state index contributed by atoms with van der Waals surface area (Å²) in [5.41, 5.74) is 3.32. The molecule has 0 saturated heterocycles. The summed E-state index contributed by atoms with van der Waals surface area (Å²) >= 11 is 0. The molecule has 0 bridgehead atoms. The Balaban J connectivity index is 1.52. The van der Waals surface area contributed by atoms with Gasteiger partial charge in [-0.1, -0.05) is 18.2 Å². The molecule has 1 spiro atoms. The van der Waals surface area contributed by atoms with E-state index < -0.39 is 0 Å². The second kappa shape index (κ2) is 6.04. The molecule has 3 aliphatic rings. The zero-order chi connectivity index (χ0) is 17.6. The Morgan fingerprint density at radius 2 is 1.88 bits per heavy atom. The van der Waals surface area contributed by atoms with E-state index in [-0.39, 0.29) is 11.8 Å². The first-order valence-corrected chi connectivity index (χ1v) is 9.67. The molecule has 5 rings (SSSR count). The van der Waals surface area contributed by atoms with Crippen molar-refractivity contribution in [1.29, 1.82) is 0 Å². The molecule has 1 aliphatic carbocycles. The van der Waals surface area contributed by atoms with Crippen LogP contribution in [0.25, 0.3) is 0 Å². The Morgan fingerprint density at radius 1 is 1.12 bits per heavy atom. The van der Waals surface area contributed by atoms with E-state index in [1.807, 2.05) is 19.1 Å². The number of fused-ring (bicyclic) bond motifs is 4. The van der Waals surface area contributed by atoms with Crippen LogP contribution >= 0.6 is 0 Å². The lowest BCUT2D eigenvalue weighted by Gasteiger charge is -2.45. The smallest absolute Gasteiger partial charge is 0.198 e. The van der Waals surface area contributed by atoms with Crippen LogP contribution in [0.5, 0.6) is 11.5 Å². The predicted octanol–water partition coefficient (Wildman–Crippen LogP) is 4.90. The fourth-order valence-corrected chi connectivity index (χ4v) is 4.57. The normalized spacial score (nSPS) is 22.6. The summed E-state index contributed by atoms with van der Waals surface area (Å²) in [4.78, 5) is 0. The number of nitrogens with zero attached hydrogens (tertiary/aromatic N) is 2. The lowest BCUT2D eigenvalue weighted by Crippen LogP contribution is -2.51. The van der Waals surface area contributed by atoms with E-state index in [1.165, 1.54) is 24.0 Å². The number of ether oxygens (including phenoxy) is 2. The highest BCUT2D eigenvalue weighted by Crippen LogP contribution is 2.51. The van der Waals surface area contributed by atoms with E-state index in [0.29, 0.717) is 6.61 Å². The van der Waals surface area contributed by atoms with E-state index in [0.717, 1.165) is 36.5 Å². The average Bonchev–Trinajstić information content (AvgIpc) is 3.31. The van der Waals surface area contributed by atoms with Gasteiger partial charge in [-0.3, -0.25) is 0 Å². The van der Waals surface area contributed by atoms with Gasteiger partial charge in [0, 0.05) is 24.8 Å². The van der Waals surface area contributed by atoms with E-state index in [9.17, 15) is 0 Å². The van der Waals surface area contributed by atoms with Gasteiger partial charge in [0.2, 0.25) is 0 Å². The average molecular weight is 348 g/mol. The molecular weight excluding hydrogens is 324 g/mol. The molecule has 4 nitrogen and oxygen atoms in total. The van der Waals surface area contributed by atoms with Crippen molar-refractivity contribution in [2.24, 2.45) is 5.10 Å². The molecule has 2 aromatic rings. The predicted molar refractivity (Wildman–Crippen MR) is 102 cm³/mol. The molecule has 0 aromatic heterocycles. The second-order valence-corrected chi connectivity index (χ2v) is 7.36. The van der Waals surface area contributed by atoms with Crippen LogP contribution < -0.4 is 9.47 Å². The highest BCUT2D eigenvalue weighted by Gasteiger charge is 2.51. The Hall–Kier alpha value is -2.49. The third-order valence-corrected chi connectivity index (χ3v) is 5.79. The van der Waals surface area contributed by atoms with Crippen LogP contribution in [0.2, 0.25) is 0 Å². The van der Waals surface area contributed by atoms with Crippen molar-refractivity contribution in [3.8, 4) is 11.5 Å². The van der Waals surface area contributed by atoms with Crippen LogP contribution in [-0.4, -0.2) is 23.1 Å². The lowest BCUT2D eigenvalue weighted by molar-refractivity contribution is -0.114. The van der Waals surface area contributed by atoms with Crippen molar-refractivity contribution in [2.45, 2.75) is 50.8 Å². The van der Waals surface area contributed by atoms with Gasteiger partial charge in [0.1, 0.15) is 11.5 Å². The fraction of sp³-hybridized carbons (Fsp3) is 0.409. The number of rotatable bonds is 3. The largest absolute Gasteiger partial charge is 0.494 e. The molecule has 134 valence electrons. The van der Waals surface area contributed by atoms with Crippen molar-refractivity contribution in [3.63, 3.8) is 0 Å².